The van der Waals surface area contributed by atoms with Crippen LogP contribution in [0.15, 0.2) is 36.4 Å². The average Bonchev–Trinajstić information content (AvgIpc) is 3.05. The first-order chi connectivity index (χ1) is 14.2. The molecule has 1 heterocycles. The van der Waals surface area contributed by atoms with Crippen molar-refractivity contribution in [3.8, 4) is 10.6 Å². The maximum absolute atomic E-state index is 13.4. The molecule has 3 aromatic rings. The summed E-state index contributed by atoms with van der Waals surface area (Å²) in [4.78, 5) is 29.9. The minimum absolute atomic E-state index is 0.306. The van der Waals surface area contributed by atoms with Gasteiger partial charge in [0, 0.05) is 29.1 Å². The van der Waals surface area contributed by atoms with Gasteiger partial charge in [-0.3, -0.25) is 9.59 Å². The van der Waals surface area contributed by atoms with Crippen LogP contribution in [0.1, 0.15) is 27.3 Å². The lowest BCUT2D eigenvalue weighted by Gasteiger charge is -2.12. The minimum Gasteiger partial charge on any atom is -0.347 e. The summed E-state index contributed by atoms with van der Waals surface area (Å²) >= 11 is 1.46. The van der Waals surface area contributed by atoms with Crippen molar-refractivity contribution in [2.45, 2.75) is 34.1 Å². The van der Waals surface area contributed by atoms with Crippen molar-refractivity contribution in [3.05, 3.63) is 69.5 Å². The molecule has 2 aromatic carbocycles. The van der Waals surface area contributed by atoms with E-state index < -0.39 is 11.8 Å². The number of hydrogen-bond acceptors (Lipinski definition) is 4. The monoisotopic (exact) mass is 425 g/mol. The molecular formula is C23H24FN3O2S. The van der Waals surface area contributed by atoms with E-state index in [0.29, 0.717) is 18.7 Å². The third kappa shape index (κ3) is 5.10. The van der Waals surface area contributed by atoms with Crippen molar-refractivity contribution in [2.75, 3.05) is 11.9 Å². The summed E-state index contributed by atoms with van der Waals surface area (Å²) < 4.78 is 13.4. The maximum atomic E-state index is 13.4. The minimum atomic E-state index is -0.688. The van der Waals surface area contributed by atoms with E-state index in [0.717, 1.165) is 37.8 Å². The van der Waals surface area contributed by atoms with Crippen LogP contribution in [0, 0.1) is 33.5 Å². The summed E-state index contributed by atoms with van der Waals surface area (Å²) in [6.07, 6.45) is 0.542. The number of amides is 2. The molecule has 7 heteroatoms. The maximum Gasteiger partial charge on any atom is 0.313 e. The van der Waals surface area contributed by atoms with Crippen molar-refractivity contribution in [1.29, 1.82) is 0 Å². The first kappa shape index (κ1) is 21.6. The zero-order valence-corrected chi connectivity index (χ0v) is 18.2. The first-order valence-electron chi connectivity index (χ1n) is 9.64. The fraction of sp³-hybridized carbons (Fsp3) is 0.261. The van der Waals surface area contributed by atoms with Gasteiger partial charge >= 0.3 is 11.8 Å². The van der Waals surface area contributed by atoms with Crippen molar-refractivity contribution < 1.29 is 14.0 Å². The predicted molar refractivity (Wildman–Crippen MR) is 118 cm³/mol. The molecule has 2 N–H and O–H groups in total. The highest BCUT2D eigenvalue weighted by atomic mass is 32.1. The fourth-order valence-corrected chi connectivity index (χ4v) is 4.38. The normalized spacial score (nSPS) is 10.7. The summed E-state index contributed by atoms with van der Waals surface area (Å²) in [5.74, 6) is -1.67. The molecule has 2 amide bonds. The van der Waals surface area contributed by atoms with Crippen molar-refractivity contribution in [1.82, 2.24) is 10.3 Å². The molecule has 0 atom stereocenters. The SMILES string of the molecule is Cc1cc(C)c(NC(=O)C(=O)NCCc2sc(-c3cccc(F)c3)nc2C)c(C)c1. The van der Waals surface area contributed by atoms with Gasteiger partial charge in [-0.25, -0.2) is 9.37 Å². The number of benzene rings is 2. The van der Waals surface area contributed by atoms with E-state index in [4.69, 9.17) is 0 Å². The molecule has 0 unspecified atom stereocenters. The molecule has 0 aliphatic heterocycles. The van der Waals surface area contributed by atoms with Gasteiger partial charge in [0.25, 0.3) is 0 Å². The Balaban J connectivity index is 1.58. The van der Waals surface area contributed by atoms with E-state index in [1.54, 1.807) is 6.07 Å². The number of nitrogens with zero attached hydrogens (tertiary/aromatic N) is 1. The smallest absolute Gasteiger partial charge is 0.313 e. The number of anilines is 1. The molecular weight excluding hydrogens is 401 g/mol. The number of carbonyl (C=O) groups is 2. The van der Waals surface area contributed by atoms with Crippen LogP contribution in [-0.4, -0.2) is 23.3 Å². The molecule has 0 spiro atoms. The van der Waals surface area contributed by atoms with Gasteiger partial charge in [0.15, 0.2) is 0 Å². The Kier molecular flexibility index (Phi) is 6.62. The van der Waals surface area contributed by atoms with Crippen LogP contribution in [0.2, 0.25) is 0 Å². The van der Waals surface area contributed by atoms with Gasteiger partial charge in [-0.05, 0) is 51.0 Å². The Morgan fingerprint density at radius 1 is 1.03 bits per heavy atom. The van der Waals surface area contributed by atoms with Crippen LogP contribution in [0.3, 0.4) is 0 Å². The number of carbonyl (C=O) groups excluding carboxylic acids is 2. The second kappa shape index (κ2) is 9.17. The molecule has 0 fully saturated rings. The third-order valence-corrected chi connectivity index (χ3v) is 5.99. The second-order valence-electron chi connectivity index (χ2n) is 7.27. The fourth-order valence-electron chi connectivity index (χ4n) is 3.32. The second-order valence-corrected chi connectivity index (χ2v) is 8.36. The number of nitrogens with one attached hydrogen (secondary N) is 2. The molecule has 0 radical (unpaired) electrons. The van der Waals surface area contributed by atoms with Crippen molar-refractivity contribution in [3.63, 3.8) is 0 Å². The van der Waals surface area contributed by atoms with Crippen LogP contribution in [0.25, 0.3) is 10.6 Å². The summed E-state index contributed by atoms with van der Waals surface area (Å²) in [6.45, 7) is 7.97. The first-order valence-corrected chi connectivity index (χ1v) is 10.5. The van der Waals surface area contributed by atoms with E-state index in [9.17, 15) is 14.0 Å². The molecule has 0 aliphatic carbocycles. The molecule has 0 aliphatic rings. The number of halogens is 1. The third-order valence-electron chi connectivity index (χ3n) is 4.72. The number of thiazole rings is 1. The molecule has 1 aromatic heterocycles. The largest absolute Gasteiger partial charge is 0.347 e. The highest BCUT2D eigenvalue weighted by molar-refractivity contribution is 7.15. The average molecular weight is 426 g/mol. The van der Waals surface area contributed by atoms with E-state index in [1.165, 1.54) is 23.5 Å². The Morgan fingerprint density at radius 2 is 1.73 bits per heavy atom. The Hall–Kier alpha value is -3.06. The molecule has 156 valence electrons. The molecule has 5 nitrogen and oxygen atoms in total. The van der Waals surface area contributed by atoms with Crippen LogP contribution in [-0.2, 0) is 16.0 Å². The number of rotatable bonds is 5. The Bertz CT molecular complexity index is 1080. The summed E-state index contributed by atoms with van der Waals surface area (Å²) in [5.41, 5.74) is 5.16. The van der Waals surface area contributed by atoms with Crippen LogP contribution in [0.4, 0.5) is 10.1 Å². The summed E-state index contributed by atoms with van der Waals surface area (Å²) in [6, 6.07) is 10.2. The topological polar surface area (TPSA) is 71.1 Å². The molecule has 30 heavy (non-hydrogen) atoms. The quantitative estimate of drug-likeness (QED) is 0.592. The van der Waals surface area contributed by atoms with Crippen LogP contribution >= 0.6 is 11.3 Å². The molecule has 3 rings (SSSR count). The summed E-state index contributed by atoms with van der Waals surface area (Å²) in [5, 5.41) is 6.09. The number of aryl methyl sites for hydroxylation is 4. The Labute approximate surface area is 179 Å². The number of hydrogen-bond donors (Lipinski definition) is 2. The van der Waals surface area contributed by atoms with Crippen molar-refractivity contribution in [2.24, 2.45) is 0 Å². The van der Waals surface area contributed by atoms with E-state index >= 15 is 0 Å². The van der Waals surface area contributed by atoms with Gasteiger partial charge in [-0.15, -0.1) is 11.3 Å². The molecule has 0 saturated heterocycles. The lowest BCUT2D eigenvalue weighted by Crippen LogP contribution is -2.36. The van der Waals surface area contributed by atoms with Gasteiger partial charge < -0.3 is 10.6 Å². The van der Waals surface area contributed by atoms with Gasteiger partial charge in [0.1, 0.15) is 10.8 Å². The molecule has 0 saturated carbocycles. The zero-order chi connectivity index (χ0) is 21.8. The van der Waals surface area contributed by atoms with Gasteiger partial charge in [0.2, 0.25) is 0 Å². The lowest BCUT2D eigenvalue weighted by molar-refractivity contribution is -0.136. The predicted octanol–water partition coefficient (Wildman–Crippen LogP) is 4.48. The molecule has 0 bridgehead atoms. The van der Waals surface area contributed by atoms with E-state index in [2.05, 4.69) is 15.6 Å². The number of aromatic nitrogens is 1. The van der Waals surface area contributed by atoms with E-state index in [1.807, 2.05) is 45.9 Å². The van der Waals surface area contributed by atoms with Crippen molar-refractivity contribution >= 4 is 28.8 Å². The highest BCUT2D eigenvalue weighted by Gasteiger charge is 2.16. The van der Waals surface area contributed by atoms with Crippen LogP contribution in [0.5, 0.6) is 0 Å². The Morgan fingerprint density at radius 3 is 2.40 bits per heavy atom. The van der Waals surface area contributed by atoms with Gasteiger partial charge in [-0.2, -0.15) is 0 Å². The van der Waals surface area contributed by atoms with Gasteiger partial charge in [-0.1, -0.05) is 29.8 Å². The van der Waals surface area contributed by atoms with Gasteiger partial charge in [0.05, 0.1) is 5.69 Å². The van der Waals surface area contributed by atoms with E-state index in [-0.39, 0.29) is 5.82 Å². The lowest BCUT2D eigenvalue weighted by atomic mass is 10.1. The standard InChI is InChI=1S/C23H24FN3O2S/c1-13-10-14(2)20(15(3)11-13)27-22(29)21(28)25-9-8-19-16(4)26-23(30-19)17-6-5-7-18(24)12-17/h5-7,10-12H,8-9H2,1-4H3,(H,25,28)(H,27,29). The summed E-state index contributed by atoms with van der Waals surface area (Å²) in [7, 11) is 0. The zero-order valence-electron chi connectivity index (χ0n) is 17.4. The highest BCUT2D eigenvalue weighted by Crippen LogP contribution is 2.28. The van der Waals surface area contributed by atoms with Crippen LogP contribution < -0.4 is 10.6 Å².